The number of halogens is 2. The molecule has 4 aliphatic rings. The quantitative estimate of drug-likeness (QED) is 0.466. The van der Waals surface area contributed by atoms with Gasteiger partial charge in [-0.3, -0.25) is 0 Å². The maximum atomic E-state index is 2.50. The van der Waals surface area contributed by atoms with Crippen LogP contribution in [0.25, 0.3) is 11.3 Å². The summed E-state index contributed by atoms with van der Waals surface area (Å²) in [6.07, 6.45) is 4.50. The van der Waals surface area contributed by atoms with E-state index in [9.17, 15) is 0 Å². The van der Waals surface area contributed by atoms with Gasteiger partial charge in [-0.1, -0.05) is 23.9 Å². The molecule has 0 spiro atoms. The van der Waals surface area contributed by atoms with Gasteiger partial charge in [0.1, 0.15) is 0 Å². The van der Waals surface area contributed by atoms with Gasteiger partial charge in [-0.25, -0.2) is 0 Å². The number of benzene rings is 1. The molecule has 123 valence electrons. The van der Waals surface area contributed by atoms with Crippen LogP contribution in [0, 0.1) is 0 Å². The maximum absolute atomic E-state index is 2.50. The second kappa shape index (κ2) is 7.37. The van der Waals surface area contributed by atoms with Gasteiger partial charge in [-0.05, 0) is 28.8 Å². The zero-order valence-corrected chi connectivity index (χ0v) is 19.7. The first-order chi connectivity index (χ1) is 10.5. The Morgan fingerprint density at radius 1 is 1.04 bits per heavy atom. The van der Waals surface area contributed by atoms with Gasteiger partial charge < -0.3 is 24.8 Å². The molecule has 2 bridgehead atoms. The van der Waals surface area contributed by atoms with Crippen molar-refractivity contribution in [3.8, 4) is 0 Å². The molecule has 0 radical (unpaired) electrons. The Hall–Kier alpha value is 0.0800. The summed E-state index contributed by atoms with van der Waals surface area (Å²) >= 11 is 3.46. The summed E-state index contributed by atoms with van der Waals surface area (Å²) in [6.45, 7) is 7.33. The molecule has 2 aromatic rings. The number of allylic oxidation sites excluding steroid dienone is 2. The zero-order chi connectivity index (χ0) is 15.5. The third kappa shape index (κ3) is 2.91. The Bertz CT molecular complexity index is 822. The summed E-state index contributed by atoms with van der Waals surface area (Å²) in [7, 11) is -0.976. The van der Waals surface area contributed by atoms with E-state index in [0.717, 1.165) is 5.54 Å². The molecule has 2 aliphatic heterocycles. The second-order valence-electron chi connectivity index (χ2n) is 6.92. The van der Waals surface area contributed by atoms with Gasteiger partial charge in [0.15, 0.2) is 0 Å². The second-order valence-corrected chi connectivity index (χ2v) is 13.7. The Morgan fingerprint density at radius 3 is 2.38 bits per heavy atom. The van der Waals surface area contributed by atoms with Crippen LogP contribution in [0.2, 0.25) is 13.1 Å². The molecule has 0 N–H and O–H groups in total. The van der Waals surface area contributed by atoms with Gasteiger partial charge in [0.25, 0.3) is 0 Å². The van der Waals surface area contributed by atoms with Gasteiger partial charge in [-0.15, -0.1) is 0 Å². The van der Waals surface area contributed by atoms with Gasteiger partial charge in [0, 0.05) is 5.54 Å². The first kappa shape index (κ1) is 20.4. The van der Waals surface area contributed by atoms with Crippen molar-refractivity contribution >= 4 is 30.7 Å². The number of hydrogen-bond donors (Lipinski definition) is 0. The summed E-state index contributed by atoms with van der Waals surface area (Å²) in [4.78, 5) is 0. The van der Waals surface area contributed by atoms with E-state index in [-0.39, 0.29) is 24.8 Å². The molecule has 2 atom stereocenters. The summed E-state index contributed by atoms with van der Waals surface area (Å²) < 4.78 is 0.711. The van der Waals surface area contributed by atoms with Crippen LogP contribution in [0.1, 0.15) is 38.3 Å². The molecule has 0 nitrogen and oxygen atoms in total. The summed E-state index contributed by atoms with van der Waals surface area (Å²) in [5, 5.41) is 6.47. The first-order valence-corrected chi connectivity index (χ1v) is 13.2. The van der Waals surface area contributed by atoms with Crippen LogP contribution in [0.15, 0.2) is 46.7 Å². The van der Waals surface area contributed by atoms with Crippen LogP contribution in [0.3, 0.4) is 0 Å². The Morgan fingerprint density at radius 2 is 1.75 bits per heavy atom. The molecular formula is C19H19Cl2SSiZr. The van der Waals surface area contributed by atoms with E-state index < -0.39 is 8.07 Å². The minimum absolute atomic E-state index is 0. The number of hydrogen-bond acceptors (Lipinski definition) is 1. The average Bonchev–Trinajstić information content (AvgIpc) is 3.18. The number of fused-ring (bicyclic) bond motifs is 1. The van der Waals surface area contributed by atoms with Crippen molar-refractivity contribution in [1.82, 2.24) is 0 Å². The standard InChI is InChI=1S/C10H12SSi.C9H7.2ClH.Zr/c1-6-9-7-4-11-5-8(7)10(6)12(9,2)3;1-2-5-9-7-3-6-8(9)4-1;;;/h4-5,9H,1-3H3;1-7H;2*1H;/q;;;;+2/p-2. The topological polar surface area (TPSA) is 0 Å². The third-order valence-electron chi connectivity index (χ3n) is 5.26. The Kier molecular flexibility index (Phi) is 6.26. The van der Waals surface area contributed by atoms with Gasteiger partial charge in [-0.2, -0.15) is 11.3 Å². The third-order valence-corrected chi connectivity index (χ3v) is 11.4. The normalized spacial score (nSPS) is 23.2. The van der Waals surface area contributed by atoms with Crippen LogP contribution in [-0.4, -0.2) is 8.07 Å². The number of rotatable bonds is 0. The van der Waals surface area contributed by atoms with Crippen LogP contribution in [0.5, 0.6) is 0 Å². The van der Waals surface area contributed by atoms with Crippen LogP contribution >= 0.6 is 11.3 Å². The van der Waals surface area contributed by atoms with E-state index in [2.05, 4.69) is 67.2 Å². The van der Waals surface area contributed by atoms with Crippen LogP contribution in [-0.2, 0) is 24.7 Å². The summed E-state index contributed by atoms with van der Waals surface area (Å²) in [6, 6.07) is 8.60. The fourth-order valence-corrected chi connectivity index (χ4v) is 10.8. The fourth-order valence-electron chi connectivity index (χ4n) is 4.43. The monoisotopic (exact) mass is 467 g/mol. The molecule has 1 aromatic carbocycles. The van der Waals surface area contributed by atoms with Crippen molar-refractivity contribution in [3.63, 3.8) is 0 Å². The first-order valence-electron chi connectivity index (χ1n) is 7.77. The van der Waals surface area contributed by atoms with Crippen molar-refractivity contribution in [2.45, 2.75) is 29.2 Å². The molecule has 24 heavy (non-hydrogen) atoms. The van der Waals surface area contributed by atoms with Gasteiger partial charge >= 0.3 is 75.9 Å². The molecule has 0 amide bonds. The average molecular weight is 470 g/mol. The van der Waals surface area contributed by atoms with E-state index in [1.54, 1.807) is 46.6 Å². The van der Waals surface area contributed by atoms with Crippen molar-refractivity contribution in [2.24, 2.45) is 0 Å². The summed E-state index contributed by atoms with van der Waals surface area (Å²) in [5.41, 5.74) is 8.74. The van der Waals surface area contributed by atoms with E-state index >= 15 is 0 Å². The van der Waals surface area contributed by atoms with E-state index in [4.69, 9.17) is 0 Å². The molecule has 3 heterocycles. The van der Waals surface area contributed by atoms with Crippen molar-refractivity contribution < 1.29 is 49.5 Å². The zero-order valence-electron chi connectivity index (χ0n) is 13.9. The van der Waals surface area contributed by atoms with Crippen molar-refractivity contribution in [2.75, 3.05) is 0 Å². The Balaban J connectivity index is 0.000000163. The predicted molar refractivity (Wildman–Crippen MR) is 95.4 cm³/mol. The van der Waals surface area contributed by atoms with E-state index in [1.165, 1.54) is 11.1 Å². The fraction of sp³-hybridized carbons (Fsp3) is 0.263. The Labute approximate surface area is 177 Å². The molecule has 5 heteroatoms. The van der Waals surface area contributed by atoms with E-state index in [1.807, 2.05) is 11.3 Å². The molecule has 0 saturated carbocycles. The van der Waals surface area contributed by atoms with Crippen LogP contribution in [0.4, 0.5) is 0 Å². The predicted octanol–water partition coefficient (Wildman–Crippen LogP) is -0.271. The minimum atomic E-state index is -0.976. The summed E-state index contributed by atoms with van der Waals surface area (Å²) in [5.74, 6) is 0. The molecule has 0 fully saturated rings. The van der Waals surface area contributed by atoms with Gasteiger partial charge in [0.05, 0.1) is 8.07 Å². The molecule has 2 unspecified atom stereocenters. The van der Waals surface area contributed by atoms with E-state index in [0.29, 0.717) is 3.63 Å². The molecular weight excluding hydrogens is 450 g/mol. The van der Waals surface area contributed by atoms with Crippen molar-refractivity contribution in [1.29, 1.82) is 0 Å². The van der Waals surface area contributed by atoms with Crippen molar-refractivity contribution in [3.05, 3.63) is 68.9 Å². The molecule has 0 saturated heterocycles. The SMILES string of the molecule is CC1=C2c3cscc3C1[Si]2(C)C.[Cl-].[Cl-].[Zr+2][CH]1C=Cc2ccccc21. The molecule has 2 aliphatic carbocycles. The molecule has 1 aromatic heterocycles. The van der Waals surface area contributed by atoms with Gasteiger partial charge in [0.2, 0.25) is 0 Å². The molecule has 6 rings (SSSR count). The van der Waals surface area contributed by atoms with Crippen LogP contribution < -0.4 is 24.8 Å². The number of thiophene rings is 1.